The van der Waals surface area contributed by atoms with E-state index in [4.69, 9.17) is 5.73 Å². The third kappa shape index (κ3) is 5.70. The normalized spacial score (nSPS) is 10.3. The summed E-state index contributed by atoms with van der Waals surface area (Å²) >= 11 is 0. The first-order valence-corrected chi connectivity index (χ1v) is 5.66. The summed E-state index contributed by atoms with van der Waals surface area (Å²) in [4.78, 5) is 19.3. The standard InChI is InChI=1S/C11H19N5O/c1-8(2)5-15-11(17)3-4-14-10-7-13-6-9(12)16-10/h6-8H,3-5H2,1-2H3,(H,15,17)(H3,12,14,16). The first-order chi connectivity index (χ1) is 8.08. The molecule has 1 heterocycles. The number of carbonyl (C=O) groups excluding carboxylic acids is 1. The highest BCUT2D eigenvalue weighted by Crippen LogP contribution is 2.02. The van der Waals surface area contributed by atoms with Crippen molar-refractivity contribution in [3.05, 3.63) is 12.4 Å². The Morgan fingerprint density at radius 3 is 2.88 bits per heavy atom. The number of amides is 1. The van der Waals surface area contributed by atoms with E-state index in [0.29, 0.717) is 37.1 Å². The van der Waals surface area contributed by atoms with Gasteiger partial charge in [0.15, 0.2) is 0 Å². The molecular formula is C11H19N5O. The van der Waals surface area contributed by atoms with E-state index in [0.717, 1.165) is 0 Å². The average molecular weight is 237 g/mol. The van der Waals surface area contributed by atoms with E-state index in [1.165, 1.54) is 6.20 Å². The van der Waals surface area contributed by atoms with Gasteiger partial charge >= 0.3 is 0 Å². The van der Waals surface area contributed by atoms with Crippen molar-refractivity contribution < 1.29 is 4.79 Å². The van der Waals surface area contributed by atoms with Crippen LogP contribution in [0.3, 0.4) is 0 Å². The molecule has 0 unspecified atom stereocenters. The Labute approximate surface area is 101 Å². The predicted molar refractivity (Wildman–Crippen MR) is 67.4 cm³/mol. The smallest absolute Gasteiger partial charge is 0.221 e. The third-order valence-corrected chi connectivity index (χ3v) is 2.02. The Morgan fingerprint density at radius 1 is 1.47 bits per heavy atom. The maximum Gasteiger partial charge on any atom is 0.221 e. The molecule has 6 nitrogen and oxygen atoms in total. The van der Waals surface area contributed by atoms with Crippen LogP contribution in [-0.4, -0.2) is 29.0 Å². The number of aromatic nitrogens is 2. The van der Waals surface area contributed by atoms with Crippen LogP contribution >= 0.6 is 0 Å². The first kappa shape index (κ1) is 13.2. The number of nitrogens with two attached hydrogens (primary N) is 1. The van der Waals surface area contributed by atoms with Crippen LogP contribution in [-0.2, 0) is 4.79 Å². The summed E-state index contributed by atoms with van der Waals surface area (Å²) in [7, 11) is 0. The van der Waals surface area contributed by atoms with Crippen LogP contribution in [0.25, 0.3) is 0 Å². The van der Waals surface area contributed by atoms with Crippen LogP contribution in [0.1, 0.15) is 20.3 Å². The fourth-order valence-electron chi connectivity index (χ4n) is 1.18. The molecule has 4 N–H and O–H groups in total. The molecule has 94 valence electrons. The Bertz CT molecular complexity index is 367. The van der Waals surface area contributed by atoms with E-state index in [2.05, 4.69) is 34.4 Å². The van der Waals surface area contributed by atoms with Crippen molar-refractivity contribution in [2.45, 2.75) is 20.3 Å². The molecule has 0 saturated carbocycles. The van der Waals surface area contributed by atoms with E-state index >= 15 is 0 Å². The summed E-state index contributed by atoms with van der Waals surface area (Å²) in [5, 5.41) is 5.83. The fourth-order valence-corrected chi connectivity index (χ4v) is 1.18. The average Bonchev–Trinajstić information content (AvgIpc) is 2.26. The third-order valence-electron chi connectivity index (χ3n) is 2.02. The van der Waals surface area contributed by atoms with Gasteiger partial charge in [0, 0.05) is 19.5 Å². The van der Waals surface area contributed by atoms with Crippen molar-refractivity contribution in [3.63, 3.8) is 0 Å². The van der Waals surface area contributed by atoms with Gasteiger partial charge in [0.2, 0.25) is 5.91 Å². The minimum Gasteiger partial charge on any atom is -0.382 e. The zero-order valence-corrected chi connectivity index (χ0v) is 10.2. The molecular weight excluding hydrogens is 218 g/mol. The molecule has 0 atom stereocenters. The topological polar surface area (TPSA) is 92.9 Å². The number of hydrogen-bond acceptors (Lipinski definition) is 5. The minimum atomic E-state index is 0.0306. The number of hydrogen-bond donors (Lipinski definition) is 3. The summed E-state index contributed by atoms with van der Waals surface area (Å²) in [6.45, 7) is 5.33. The zero-order valence-electron chi connectivity index (χ0n) is 10.2. The molecule has 0 aliphatic heterocycles. The molecule has 0 fully saturated rings. The Balaban J connectivity index is 2.21. The second-order valence-corrected chi connectivity index (χ2v) is 4.20. The molecule has 1 aromatic heterocycles. The number of nitrogens with one attached hydrogen (secondary N) is 2. The van der Waals surface area contributed by atoms with Gasteiger partial charge in [-0.25, -0.2) is 4.98 Å². The highest BCUT2D eigenvalue weighted by molar-refractivity contribution is 5.76. The summed E-state index contributed by atoms with van der Waals surface area (Å²) in [5.74, 6) is 1.44. The number of nitrogens with zero attached hydrogens (tertiary/aromatic N) is 2. The van der Waals surface area contributed by atoms with E-state index < -0.39 is 0 Å². The van der Waals surface area contributed by atoms with Crippen LogP contribution < -0.4 is 16.4 Å². The highest BCUT2D eigenvalue weighted by Gasteiger charge is 2.02. The van der Waals surface area contributed by atoms with Crippen molar-refractivity contribution in [2.24, 2.45) is 5.92 Å². The number of carbonyl (C=O) groups is 1. The van der Waals surface area contributed by atoms with E-state index in [-0.39, 0.29) is 5.91 Å². The Hall–Kier alpha value is -1.85. The molecule has 0 aliphatic rings. The van der Waals surface area contributed by atoms with E-state index in [1.807, 2.05) is 0 Å². The van der Waals surface area contributed by atoms with Gasteiger partial charge < -0.3 is 16.4 Å². The molecule has 0 bridgehead atoms. The Morgan fingerprint density at radius 2 is 2.24 bits per heavy atom. The van der Waals surface area contributed by atoms with Gasteiger partial charge in [-0.3, -0.25) is 9.78 Å². The molecule has 0 radical (unpaired) electrons. The molecule has 6 heteroatoms. The predicted octanol–water partition coefficient (Wildman–Crippen LogP) is 0.633. The lowest BCUT2D eigenvalue weighted by Gasteiger charge is -2.08. The molecule has 0 aliphatic carbocycles. The van der Waals surface area contributed by atoms with Crippen molar-refractivity contribution >= 4 is 17.5 Å². The van der Waals surface area contributed by atoms with Crippen molar-refractivity contribution in [3.8, 4) is 0 Å². The lowest BCUT2D eigenvalue weighted by molar-refractivity contribution is -0.120. The van der Waals surface area contributed by atoms with Crippen molar-refractivity contribution in [1.29, 1.82) is 0 Å². The molecule has 1 aromatic rings. The summed E-state index contributed by atoms with van der Waals surface area (Å²) < 4.78 is 0. The highest BCUT2D eigenvalue weighted by atomic mass is 16.1. The molecule has 17 heavy (non-hydrogen) atoms. The largest absolute Gasteiger partial charge is 0.382 e. The lowest BCUT2D eigenvalue weighted by atomic mass is 10.2. The number of anilines is 2. The van der Waals surface area contributed by atoms with Crippen LogP contribution in [0.4, 0.5) is 11.6 Å². The molecule has 0 spiro atoms. The lowest BCUT2D eigenvalue weighted by Crippen LogP contribution is -2.28. The summed E-state index contributed by atoms with van der Waals surface area (Å²) in [6.07, 6.45) is 3.45. The van der Waals surface area contributed by atoms with Gasteiger partial charge in [0.05, 0.1) is 12.4 Å². The molecule has 1 amide bonds. The maximum absolute atomic E-state index is 11.4. The monoisotopic (exact) mass is 237 g/mol. The van der Waals surface area contributed by atoms with Crippen LogP contribution in [0.2, 0.25) is 0 Å². The van der Waals surface area contributed by atoms with Crippen LogP contribution in [0, 0.1) is 5.92 Å². The second-order valence-electron chi connectivity index (χ2n) is 4.20. The maximum atomic E-state index is 11.4. The minimum absolute atomic E-state index is 0.0306. The van der Waals surface area contributed by atoms with Crippen LogP contribution in [0.15, 0.2) is 12.4 Å². The second kappa shape index (κ2) is 6.67. The van der Waals surface area contributed by atoms with Crippen molar-refractivity contribution in [1.82, 2.24) is 15.3 Å². The summed E-state index contributed by atoms with van der Waals surface area (Å²) in [5.41, 5.74) is 5.48. The molecule has 0 aromatic carbocycles. The zero-order chi connectivity index (χ0) is 12.7. The van der Waals surface area contributed by atoms with E-state index in [9.17, 15) is 4.79 Å². The van der Waals surface area contributed by atoms with Crippen molar-refractivity contribution in [2.75, 3.05) is 24.1 Å². The fraction of sp³-hybridized carbons (Fsp3) is 0.545. The number of rotatable bonds is 6. The van der Waals surface area contributed by atoms with Gasteiger partial charge in [0.25, 0.3) is 0 Å². The Kier molecular flexibility index (Phi) is 5.19. The van der Waals surface area contributed by atoms with Crippen LogP contribution in [0.5, 0.6) is 0 Å². The molecule has 1 rings (SSSR count). The molecule has 0 saturated heterocycles. The van der Waals surface area contributed by atoms with E-state index in [1.54, 1.807) is 6.20 Å². The van der Waals surface area contributed by atoms with Gasteiger partial charge in [-0.15, -0.1) is 0 Å². The SMILES string of the molecule is CC(C)CNC(=O)CCNc1cncc(N)n1. The van der Waals surface area contributed by atoms with Gasteiger partial charge in [-0.05, 0) is 5.92 Å². The van der Waals surface area contributed by atoms with Gasteiger partial charge in [-0.1, -0.05) is 13.8 Å². The number of nitrogen functional groups attached to an aromatic ring is 1. The quantitative estimate of drug-likeness (QED) is 0.675. The van der Waals surface area contributed by atoms with Gasteiger partial charge in [0.1, 0.15) is 11.6 Å². The van der Waals surface area contributed by atoms with Gasteiger partial charge in [-0.2, -0.15) is 0 Å². The first-order valence-electron chi connectivity index (χ1n) is 5.66. The summed E-state index contributed by atoms with van der Waals surface area (Å²) in [6, 6.07) is 0.